The molecule has 1 N–H and O–H groups in total. The van der Waals surface area contributed by atoms with Gasteiger partial charge in [-0.15, -0.1) is 0 Å². The van der Waals surface area contributed by atoms with Gasteiger partial charge in [0.1, 0.15) is 5.65 Å². The Morgan fingerprint density at radius 2 is 2.04 bits per heavy atom. The normalized spacial score (nSPS) is 10.9. The number of ether oxygens (including phenoxy) is 2. The number of hydrogen-bond donors (Lipinski definition) is 1. The quantitative estimate of drug-likeness (QED) is 0.498. The number of nitrogens with one attached hydrogen (secondary N) is 1. The highest BCUT2D eigenvalue weighted by Gasteiger charge is 2.22. The van der Waals surface area contributed by atoms with E-state index in [0.717, 1.165) is 5.56 Å². The van der Waals surface area contributed by atoms with Crippen LogP contribution in [0.4, 0.5) is 4.39 Å². The Hall–Kier alpha value is -2.23. The van der Waals surface area contributed by atoms with Crippen LogP contribution < -0.4 is 4.74 Å². The van der Waals surface area contributed by atoms with Gasteiger partial charge in [-0.3, -0.25) is 0 Å². The number of hydrogen-bond acceptors (Lipinski definition) is 5. The van der Waals surface area contributed by atoms with Gasteiger partial charge in [-0.1, -0.05) is 0 Å². The van der Waals surface area contributed by atoms with Gasteiger partial charge in [-0.05, 0) is 47.2 Å². The molecule has 0 saturated heterocycles. The summed E-state index contributed by atoms with van der Waals surface area (Å²) in [6, 6.07) is 3.25. The average molecular weight is 441 g/mol. The van der Waals surface area contributed by atoms with E-state index in [1.54, 1.807) is 18.3 Å². The lowest BCUT2D eigenvalue weighted by atomic mass is 10.1. The summed E-state index contributed by atoms with van der Waals surface area (Å²) in [7, 11) is 2.66. The van der Waals surface area contributed by atoms with Crippen molar-refractivity contribution < 1.29 is 18.7 Å². The second-order valence-corrected chi connectivity index (χ2v) is 6.19. The summed E-state index contributed by atoms with van der Waals surface area (Å²) < 4.78 is 25.2. The highest BCUT2D eigenvalue weighted by atomic mass is 127. The third-order valence-electron chi connectivity index (χ3n) is 3.60. The molecule has 0 unspecified atom stereocenters. The van der Waals surface area contributed by atoms with Crippen LogP contribution in [0.15, 0.2) is 18.3 Å². The van der Waals surface area contributed by atoms with Crippen LogP contribution in [0.5, 0.6) is 5.75 Å². The molecule has 8 heteroatoms. The van der Waals surface area contributed by atoms with Crippen LogP contribution >= 0.6 is 22.6 Å². The number of carbonyl (C=O) groups is 1. The average Bonchev–Trinajstić information content (AvgIpc) is 2.95. The summed E-state index contributed by atoms with van der Waals surface area (Å²) in [5, 5.41) is 0.559. The highest BCUT2D eigenvalue weighted by Crippen LogP contribution is 2.32. The van der Waals surface area contributed by atoms with Crippen molar-refractivity contribution in [1.82, 2.24) is 15.0 Å². The van der Waals surface area contributed by atoms with Crippen LogP contribution in [-0.4, -0.2) is 35.1 Å². The van der Waals surface area contributed by atoms with Crippen LogP contribution in [0.3, 0.4) is 0 Å². The zero-order valence-electron chi connectivity index (χ0n) is 13.1. The zero-order valence-corrected chi connectivity index (χ0v) is 15.3. The number of esters is 1. The Labute approximate surface area is 150 Å². The Bertz CT molecular complexity index is 955. The van der Waals surface area contributed by atoms with Gasteiger partial charge in [-0.2, -0.15) is 0 Å². The summed E-state index contributed by atoms with van der Waals surface area (Å²) in [5.74, 6) is -0.997. The molecule has 0 aliphatic rings. The number of halogens is 2. The van der Waals surface area contributed by atoms with Gasteiger partial charge < -0.3 is 14.5 Å². The molecule has 2 heterocycles. The Kier molecular flexibility index (Phi) is 4.39. The SMILES string of the molecule is COC(=O)c1nc(-c2ccc(I)c(OC)c2F)nc2[nH]cc(C)c12. The van der Waals surface area contributed by atoms with Crippen molar-refractivity contribution in [3.63, 3.8) is 0 Å². The number of aryl methyl sites for hydroxylation is 1. The Morgan fingerprint density at radius 1 is 1.29 bits per heavy atom. The third-order valence-corrected chi connectivity index (χ3v) is 4.45. The maximum Gasteiger partial charge on any atom is 0.357 e. The lowest BCUT2D eigenvalue weighted by molar-refractivity contribution is 0.0596. The van der Waals surface area contributed by atoms with Gasteiger partial charge in [0.15, 0.2) is 23.1 Å². The van der Waals surface area contributed by atoms with Crippen LogP contribution in [0, 0.1) is 16.3 Å². The second kappa shape index (κ2) is 6.34. The summed E-state index contributed by atoms with van der Waals surface area (Å²) in [5.41, 5.74) is 1.48. The van der Waals surface area contributed by atoms with Crippen molar-refractivity contribution in [2.75, 3.05) is 14.2 Å². The number of rotatable bonds is 3. The summed E-state index contributed by atoms with van der Waals surface area (Å²) in [6.45, 7) is 1.82. The zero-order chi connectivity index (χ0) is 17.4. The van der Waals surface area contributed by atoms with Crippen LogP contribution in [0.2, 0.25) is 0 Å². The highest BCUT2D eigenvalue weighted by molar-refractivity contribution is 14.1. The third kappa shape index (κ3) is 2.60. The Morgan fingerprint density at radius 3 is 2.71 bits per heavy atom. The number of H-pyrrole nitrogens is 1. The first kappa shape index (κ1) is 16.6. The molecule has 0 aliphatic heterocycles. The van der Waals surface area contributed by atoms with E-state index in [4.69, 9.17) is 9.47 Å². The smallest absolute Gasteiger partial charge is 0.357 e. The lowest BCUT2D eigenvalue weighted by Crippen LogP contribution is -2.08. The molecule has 0 fully saturated rings. The molecule has 3 rings (SSSR count). The molecule has 0 amide bonds. The maximum atomic E-state index is 14.7. The van der Waals surface area contributed by atoms with Crippen molar-refractivity contribution in [2.45, 2.75) is 6.92 Å². The van der Waals surface area contributed by atoms with Crippen LogP contribution in [0.25, 0.3) is 22.4 Å². The van der Waals surface area contributed by atoms with Gasteiger partial charge in [0.05, 0.1) is 28.7 Å². The van der Waals surface area contributed by atoms with Crippen molar-refractivity contribution in [3.8, 4) is 17.1 Å². The van der Waals surface area contributed by atoms with E-state index in [9.17, 15) is 9.18 Å². The molecule has 1 aromatic carbocycles. The van der Waals surface area contributed by atoms with Crippen molar-refractivity contribution >= 4 is 39.6 Å². The molecular formula is C16H13FIN3O3. The standard InChI is InChI=1S/C16H13FIN3O3/c1-7-6-19-15-10(7)12(16(22)24-3)20-14(21-15)8-4-5-9(18)13(23-2)11(8)17/h4-6H,1-3H3,(H,19,20,21). The number of benzene rings is 1. The van der Waals surface area contributed by atoms with E-state index in [2.05, 4.69) is 15.0 Å². The van der Waals surface area contributed by atoms with Crippen molar-refractivity contribution in [2.24, 2.45) is 0 Å². The topological polar surface area (TPSA) is 77.1 Å². The number of nitrogens with zero attached hydrogens (tertiary/aromatic N) is 2. The van der Waals surface area contributed by atoms with Gasteiger partial charge in [0.25, 0.3) is 0 Å². The first-order chi connectivity index (χ1) is 11.5. The van der Waals surface area contributed by atoms with Gasteiger partial charge in [0, 0.05) is 6.20 Å². The molecule has 0 bridgehead atoms. The number of aromatic amines is 1. The molecular weight excluding hydrogens is 428 g/mol. The van der Waals surface area contributed by atoms with Crippen molar-refractivity contribution in [3.05, 3.63) is 39.0 Å². The van der Waals surface area contributed by atoms with E-state index in [1.165, 1.54) is 14.2 Å². The molecule has 124 valence electrons. The predicted octanol–water partition coefficient (Wildman–Crippen LogP) is 3.47. The second-order valence-electron chi connectivity index (χ2n) is 5.02. The van der Waals surface area contributed by atoms with E-state index >= 15 is 0 Å². The molecule has 24 heavy (non-hydrogen) atoms. The largest absolute Gasteiger partial charge is 0.493 e. The van der Waals surface area contributed by atoms with Gasteiger partial charge in [0.2, 0.25) is 0 Å². The minimum absolute atomic E-state index is 0.0805. The van der Waals surface area contributed by atoms with Crippen LogP contribution in [-0.2, 0) is 4.74 Å². The van der Waals surface area contributed by atoms with Crippen LogP contribution in [0.1, 0.15) is 16.1 Å². The van der Waals surface area contributed by atoms with Gasteiger partial charge >= 0.3 is 5.97 Å². The number of carbonyl (C=O) groups excluding carboxylic acids is 1. The summed E-state index contributed by atoms with van der Waals surface area (Å²) in [4.78, 5) is 23.6. The summed E-state index contributed by atoms with van der Waals surface area (Å²) in [6.07, 6.45) is 1.71. The van der Waals surface area contributed by atoms with E-state index < -0.39 is 11.8 Å². The molecule has 0 radical (unpaired) electrons. The van der Waals surface area contributed by atoms with E-state index in [0.29, 0.717) is 14.6 Å². The maximum absolute atomic E-state index is 14.7. The molecule has 0 aliphatic carbocycles. The fourth-order valence-corrected chi connectivity index (χ4v) is 3.08. The lowest BCUT2D eigenvalue weighted by Gasteiger charge is -2.10. The molecule has 0 spiro atoms. The minimum Gasteiger partial charge on any atom is -0.493 e. The minimum atomic E-state index is -0.607. The molecule has 0 saturated carbocycles. The first-order valence-electron chi connectivity index (χ1n) is 6.94. The predicted molar refractivity (Wildman–Crippen MR) is 94.6 cm³/mol. The van der Waals surface area contributed by atoms with Gasteiger partial charge in [-0.25, -0.2) is 19.2 Å². The number of fused-ring (bicyclic) bond motifs is 1. The van der Waals surface area contributed by atoms with E-state index in [-0.39, 0.29) is 22.8 Å². The monoisotopic (exact) mass is 441 g/mol. The molecule has 2 aromatic heterocycles. The van der Waals surface area contributed by atoms with E-state index in [1.807, 2.05) is 29.5 Å². The molecule has 6 nitrogen and oxygen atoms in total. The number of methoxy groups -OCH3 is 2. The first-order valence-corrected chi connectivity index (χ1v) is 8.02. The number of aromatic nitrogens is 3. The Balaban J connectivity index is 2.30. The molecule has 3 aromatic rings. The fourth-order valence-electron chi connectivity index (χ4n) is 2.44. The molecule has 0 atom stereocenters. The fraction of sp³-hybridized carbons (Fsp3) is 0.188. The van der Waals surface area contributed by atoms with Crippen molar-refractivity contribution in [1.29, 1.82) is 0 Å². The summed E-state index contributed by atoms with van der Waals surface area (Å²) >= 11 is 1.98.